The summed E-state index contributed by atoms with van der Waals surface area (Å²) >= 11 is 0. The molecular weight excluding hydrogens is 310 g/mol. The van der Waals surface area contributed by atoms with E-state index in [0.717, 1.165) is 44.8 Å². The molecule has 0 unspecified atom stereocenters. The quantitative estimate of drug-likeness (QED) is 0.537. The monoisotopic (exact) mass is 329 g/mol. The Bertz CT molecular complexity index is 1080. The van der Waals surface area contributed by atoms with Crippen LogP contribution in [-0.4, -0.2) is 24.1 Å². The van der Waals surface area contributed by atoms with Gasteiger partial charge in [-0.1, -0.05) is 24.3 Å². The number of fused-ring (bicyclic) bond motifs is 2. The van der Waals surface area contributed by atoms with Crippen LogP contribution in [0.3, 0.4) is 0 Å². The van der Waals surface area contributed by atoms with Gasteiger partial charge in [-0.25, -0.2) is 9.97 Å². The summed E-state index contributed by atoms with van der Waals surface area (Å²) in [5, 5.41) is 3.28. The number of ether oxygens (including phenoxy) is 1. The van der Waals surface area contributed by atoms with Gasteiger partial charge in [0.05, 0.1) is 12.6 Å². The molecule has 1 heterocycles. The van der Waals surface area contributed by atoms with Crippen LogP contribution in [0.1, 0.15) is 5.82 Å². The molecule has 124 valence electrons. The van der Waals surface area contributed by atoms with Crippen LogP contribution in [-0.2, 0) is 0 Å². The molecule has 0 saturated carbocycles. The molecule has 0 aliphatic rings. The third kappa shape index (κ3) is 2.66. The third-order valence-electron chi connectivity index (χ3n) is 4.44. The smallest absolute Gasteiger partial charge is 0.144 e. The average molecular weight is 329 g/mol. The zero-order chi connectivity index (χ0) is 17.4. The van der Waals surface area contributed by atoms with E-state index in [1.54, 1.807) is 7.11 Å². The lowest BCUT2D eigenvalue weighted by molar-refractivity contribution is 0.420. The predicted molar refractivity (Wildman–Crippen MR) is 103 cm³/mol. The highest BCUT2D eigenvalue weighted by Crippen LogP contribution is 2.33. The molecule has 0 aliphatic heterocycles. The Balaban J connectivity index is 1.87. The molecule has 0 saturated heterocycles. The number of aromatic nitrogens is 2. The maximum atomic E-state index is 5.45. The van der Waals surface area contributed by atoms with Crippen molar-refractivity contribution in [2.45, 2.75) is 6.92 Å². The summed E-state index contributed by atoms with van der Waals surface area (Å²) in [4.78, 5) is 11.3. The average Bonchev–Trinajstić information content (AvgIpc) is 2.65. The van der Waals surface area contributed by atoms with Crippen molar-refractivity contribution in [1.29, 1.82) is 0 Å². The van der Waals surface area contributed by atoms with Gasteiger partial charge in [-0.3, -0.25) is 0 Å². The highest BCUT2D eigenvalue weighted by molar-refractivity contribution is 5.94. The number of hydrogen-bond donors (Lipinski definition) is 0. The van der Waals surface area contributed by atoms with Crippen LogP contribution in [0.15, 0.2) is 60.7 Å². The van der Waals surface area contributed by atoms with Gasteiger partial charge in [0.15, 0.2) is 0 Å². The Labute approximate surface area is 146 Å². The summed E-state index contributed by atoms with van der Waals surface area (Å²) in [6, 6.07) is 20.5. The Kier molecular flexibility index (Phi) is 3.73. The van der Waals surface area contributed by atoms with Crippen LogP contribution >= 0.6 is 0 Å². The fourth-order valence-corrected chi connectivity index (χ4v) is 3.18. The first-order valence-electron chi connectivity index (χ1n) is 8.21. The van der Waals surface area contributed by atoms with E-state index in [1.165, 1.54) is 0 Å². The van der Waals surface area contributed by atoms with Gasteiger partial charge in [0, 0.05) is 23.5 Å². The summed E-state index contributed by atoms with van der Waals surface area (Å²) in [7, 11) is 3.74. The summed E-state index contributed by atoms with van der Waals surface area (Å²) < 4.78 is 5.45. The van der Waals surface area contributed by atoms with Crippen molar-refractivity contribution in [2.75, 3.05) is 19.1 Å². The Morgan fingerprint density at radius 2 is 1.72 bits per heavy atom. The Morgan fingerprint density at radius 1 is 0.880 bits per heavy atom. The summed E-state index contributed by atoms with van der Waals surface area (Å²) in [5.74, 6) is 2.56. The van der Waals surface area contributed by atoms with E-state index < -0.39 is 0 Å². The maximum Gasteiger partial charge on any atom is 0.144 e. The van der Waals surface area contributed by atoms with Crippen LogP contribution in [0, 0.1) is 6.92 Å². The lowest BCUT2D eigenvalue weighted by atomic mass is 10.1. The van der Waals surface area contributed by atoms with E-state index in [0.29, 0.717) is 0 Å². The molecule has 0 spiro atoms. The fourth-order valence-electron chi connectivity index (χ4n) is 3.18. The van der Waals surface area contributed by atoms with Crippen molar-refractivity contribution in [3.05, 3.63) is 66.5 Å². The topological polar surface area (TPSA) is 38.2 Å². The van der Waals surface area contributed by atoms with Gasteiger partial charge in [-0.15, -0.1) is 0 Å². The SMILES string of the molecule is COc1cccc2cc(N(C)c3nc(C)nc4ccccc34)ccc12. The maximum absolute atomic E-state index is 5.45. The van der Waals surface area contributed by atoms with Crippen LogP contribution in [0.5, 0.6) is 5.75 Å². The van der Waals surface area contributed by atoms with Gasteiger partial charge >= 0.3 is 0 Å². The van der Waals surface area contributed by atoms with Gasteiger partial charge in [-0.05, 0) is 48.7 Å². The van der Waals surface area contributed by atoms with Crippen LogP contribution in [0.25, 0.3) is 21.7 Å². The molecule has 0 amide bonds. The Morgan fingerprint density at radius 3 is 2.56 bits per heavy atom. The molecule has 0 bridgehead atoms. The second-order valence-corrected chi connectivity index (χ2v) is 6.04. The lowest BCUT2D eigenvalue weighted by Crippen LogP contribution is -2.13. The van der Waals surface area contributed by atoms with E-state index in [1.807, 2.05) is 44.3 Å². The lowest BCUT2D eigenvalue weighted by Gasteiger charge is -2.21. The van der Waals surface area contributed by atoms with Crippen molar-refractivity contribution in [3.8, 4) is 5.75 Å². The first-order chi connectivity index (χ1) is 12.2. The molecule has 4 nitrogen and oxygen atoms in total. The van der Waals surface area contributed by atoms with E-state index in [2.05, 4.69) is 45.2 Å². The van der Waals surface area contributed by atoms with E-state index >= 15 is 0 Å². The zero-order valence-corrected chi connectivity index (χ0v) is 14.5. The molecular formula is C21H19N3O. The summed E-state index contributed by atoms with van der Waals surface area (Å²) in [5.41, 5.74) is 2.03. The molecule has 0 fully saturated rings. The number of para-hydroxylation sites is 1. The van der Waals surface area contributed by atoms with E-state index in [4.69, 9.17) is 4.74 Å². The summed E-state index contributed by atoms with van der Waals surface area (Å²) in [6.45, 7) is 1.93. The largest absolute Gasteiger partial charge is 0.496 e. The van der Waals surface area contributed by atoms with E-state index in [9.17, 15) is 0 Å². The van der Waals surface area contributed by atoms with Gasteiger partial charge in [-0.2, -0.15) is 0 Å². The van der Waals surface area contributed by atoms with Gasteiger partial charge in [0.1, 0.15) is 17.4 Å². The highest BCUT2D eigenvalue weighted by Gasteiger charge is 2.12. The molecule has 0 radical (unpaired) electrons. The zero-order valence-electron chi connectivity index (χ0n) is 14.5. The summed E-state index contributed by atoms with van der Waals surface area (Å²) in [6.07, 6.45) is 0. The van der Waals surface area contributed by atoms with Crippen LogP contribution < -0.4 is 9.64 Å². The first kappa shape index (κ1) is 15.4. The normalized spacial score (nSPS) is 11.0. The van der Waals surface area contributed by atoms with E-state index in [-0.39, 0.29) is 0 Å². The van der Waals surface area contributed by atoms with Crippen molar-refractivity contribution < 1.29 is 4.74 Å². The number of methoxy groups -OCH3 is 1. The number of hydrogen-bond acceptors (Lipinski definition) is 4. The molecule has 3 aromatic carbocycles. The van der Waals surface area contributed by atoms with Gasteiger partial charge in [0.2, 0.25) is 0 Å². The predicted octanol–water partition coefficient (Wildman–Crippen LogP) is 4.87. The molecule has 1 aromatic heterocycles. The number of aryl methyl sites for hydroxylation is 1. The van der Waals surface area contributed by atoms with Crippen molar-refractivity contribution in [3.63, 3.8) is 0 Å². The number of benzene rings is 3. The molecule has 0 aliphatic carbocycles. The minimum absolute atomic E-state index is 0.767. The molecule has 0 N–H and O–H groups in total. The molecule has 25 heavy (non-hydrogen) atoms. The first-order valence-corrected chi connectivity index (χ1v) is 8.21. The second kappa shape index (κ2) is 6.06. The third-order valence-corrected chi connectivity index (χ3v) is 4.44. The molecule has 4 rings (SSSR count). The van der Waals surface area contributed by atoms with Crippen molar-refractivity contribution >= 4 is 33.2 Å². The molecule has 4 heteroatoms. The number of anilines is 2. The van der Waals surface area contributed by atoms with Crippen molar-refractivity contribution in [2.24, 2.45) is 0 Å². The second-order valence-electron chi connectivity index (χ2n) is 6.04. The van der Waals surface area contributed by atoms with Crippen molar-refractivity contribution in [1.82, 2.24) is 9.97 Å². The highest BCUT2D eigenvalue weighted by atomic mass is 16.5. The minimum Gasteiger partial charge on any atom is -0.496 e. The van der Waals surface area contributed by atoms with Crippen LogP contribution in [0.2, 0.25) is 0 Å². The fraction of sp³-hybridized carbons (Fsp3) is 0.143. The number of nitrogens with zero attached hydrogens (tertiary/aromatic N) is 3. The minimum atomic E-state index is 0.767. The molecule has 4 aromatic rings. The Hall–Kier alpha value is -3.14. The van der Waals surface area contributed by atoms with Gasteiger partial charge < -0.3 is 9.64 Å². The van der Waals surface area contributed by atoms with Crippen LogP contribution in [0.4, 0.5) is 11.5 Å². The standard InChI is InChI=1S/C21H19N3O/c1-14-22-19-9-5-4-8-18(19)21(23-14)24(2)16-11-12-17-15(13-16)7-6-10-20(17)25-3/h4-13H,1-3H3. The van der Waals surface area contributed by atoms with Gasteiger partial charge in [0.25, 0.3) is 0 Å². The number of rotatable bonds is 3. The molecule has 0 atom stereocenters.